The van der Waals surface area contributed by atoms with Crippen molar-refractivity contribution in [2.75, 3.05) is 13.1 Å². The standard InChI is InChI=1S/C11H16N2O4/c14-9-6-13(10(15)5-12-9)8-3-1-7(2-4-8)11(16)17/h7-8H,1-6H2,(H,12,14)(H,16,17). The minimum absolute atomic E-state index is 0.0316. The summed E-state index contributed by atoms with van der Waals surface area (Å²) in [5, 5.41) is 11.4. The summed E-state index contributed by atoms with van der Waals surface area (Å²) >= 11 is 0. The van der Waals surface area contributed by atoms with Gasteiger partial charge in [-0.25, -0.2) is 0 Å². The van der Waals surface area contributed by atoms with Crippen LogP contribution in [0.2, 0.25) is 0 Å². The van der Waals surface area contributed by atoms with E-state index < -0.39 is 5.97 Å². The van der Waals surface area contributed by atoms with E-state index in [9.17, 15) is 14.4 Å². The van der Waals surface area contributed by atoms with Crippen molar-refractivity contribution < 1.29 is 19.5 Å². The van der Waals surface area contributed by atoms with E-state index in [4.69, 9.17) is 5.11 Å². The van der Waals surface area contributed by atoms with Gasteiger partial charge in [-0.2, -0.15) is 0 Å². The third-order valence-corrected chi connectivity index (χ3v) is 3.56. The van der Waals surface area contributed by atoms with E-state index in [0.717, 1.165) is 0 Å². The monoisotopic (exact) mass is 240 g/mol. The SMILES string of the molecule is O=C1CN(C2CCC(C(=O)O)CC2)C(=O)CN1. The number of hydrogen-bond acceptors (Lipinski definition) is 3. The van der Waals surface area contributed by atoms with Crippen molar-refractivity contribution in [2.24, 2.45) is 5.92 Å². The van der Waals surface area contributed by atoms with E-state index in [-0.39, 0.29) is 36.9 Å². The molecule has 0 aromatic rings. The summed E-state index contributed by atoms with van der Waals surface area (Å²) in [5.74, 6) is -1.25. The maximum Gasteiger partial charge on any atom is 0.306 e. The molecule has 1 aliphatic heterocycles. The van der Waals surface area contributed by atoms with Gasteiger partial charge in [0, 0.05) is 6.04 Å². The number of nitrogens with one attached hydrogen (secondary N) is 1. The van der Waals surface area contributed by atoms with Crippen molar-refractivity contribution >= 4 is 17.8 Å². The molecule has 0 bridgehead atoms. The van der Waals surface area contributed by atoms with E-state index in [2.05, 4.69) is 5.32 Å². The second-order valence-electron chi connectivity index (χ2n) is 4.64. The van der Waals surface area contributed by atoms with Crippen LogP contribution < -0.4 is 5.32 Å². The van der Waals surface area contributed by atoms with E-state index in [1.54, 1.807) is 4.90 Å². The highest BCUT2D eigenvalue weighted by Crippen LogP contribution is 2.28. The summed E-state index contributed by atoms with van der Waals surface area (Å²) in [6, 6.07) is 0.0316. The summed E-state index contributed by atoms with van der Waals surface area (Å²) in [6.45, 7) is 0.179. The highest BCUT2D eigenvalue weighted by atomic mass is 16.4. The molecule has 0 atom stereocenters. The average Bonchev–Trinajstić information content (AvgIpc) is 2.32. The number of amides is 2. The maximum absolute atomic E-state index is 11.6. The molecule has 2 fully saturated rings. The van der Waals surface area contributed by atoms with Crippen molar-refractivity contribution in [3.05, 3.63) is 0 Å². The summed E-state index contributed by atoms with van der Waals surface area (Å²) in [5.41, 5.74) is 0. The highest BCUT2D eigenvalue weighted by Gasteiger charge is 2.34. The Bertz CT molecular complexity index is 347. The number of rotatable bonds is 2. The third-order valence-electron chi connectivity index (χ3n) is 3.56. The number of carbonyl (C=O) groups excluding carboxylic acids is 2. The first-order valence-electron chi connectivity index (χ1n) is 5.87. The molecule has 1 saturated carbocycles. The summed E-state index contributed by atoms with van der Waals surface area (Å²) < 4.78 is 0. The molecule has 2 amide bonds. The lowest BCUT2D eigenvalue weighted by Gasteiger charge is -2.37. The zero-order valence-corrected chi connectivity index (χ0v) is 9.52. The molecule has 6 nitrogen and oxygen atoms in total. The molecule has 0 aromatic heterocycles. The molecule has 1 heterocycles. The lowest BCUT2D eigenvalue weighted by Crippen LogP contribution is -2.55. The van der Waals surface area contributed by atoms with Crippen LogP contribution in [0.5, 0.6) is 0 Å². The predicted molar refractivity (Wildman–Crippen MR) is 58.1 cm³/mol. The molecule has 17 heavy (non-hydrogen) atoms. The summed E-state index contributed by atoms with van der Waals surface area (Å²) in [4.78, 5) is 35.3. The molecule has 0 spiro atoms. The Labute approximate surface area is 99.0 Å². The first-order chi connectivity index (χ1) is 8.08. The molecule has 2 N–H and O–H groups in total. The Balaban J connectivity index is 1.93. The van der Waals surface area contributed by atoms with Gasteiger partial charge in [-0.1, -0.05) is 0 Å². The number of hydrogen-bond donors (Lipinski definition) is 2. The Morgan fingerprint density at radius 2 is 1.88 bits per heavy atom. The van der Waals surface area contributed by atoms with E-state index in [0.29, 0.717) is 25.7 Å². The molecule has 6 heteroatoms. The second-order valence-corrected chi connectivity index (χ2v) is 4.64. The minimum Gasteiger partial charge on any atom is -0.481 e. The fraction of sp³-hybridized carbons (Fsp3) is 0.727. The zero-order valence-electron chi connectivity index (χ0n) is 9.52. The Morgan fingerprint density at radius 1 is 1.24 bits per heavy atom. The van der Waals surface area contributed by atoms with Crippen LogP contribution in [0.4, 0.5) is 0 Å². The number of carboxylic acids is 1. The fourth-order valence-corrected chi connectivity index (χ4v) is 2.54. The van der Waals surface area contributed by atoms with Gasteiger partial charge in [0.2, 0.25) is 11.8 Å². The average molecular weight is 240 g/mol. The van der Waals surface area contributed by atoms with Gasteiger partial charge in [-0.3, -0.25) is 14.4 Å². The van der Waals surface area contributed by atoms with Crippen LogP contribution >= 0.6 is 0 Å². The molecule has 0 radical (unpaired) electrons. The van der Waals surface area contributed by atoms with Crippen LogP contribution in [-0.2, 0) is 14.4 Å². The highest BCUT2D eigenvalue weighted by molar-refractivity contribution is 5.92. The molecule has 0 aromatic carbocycles. The number of carbonyl (C=O) groups is 3. The lowest BCUT2D eigenvalue weighted by molar-refractivity contribution is -0.146. The normalized spacial score (nSPS) is 30.0. The van der Waals surface area contributed by atoms with Crippen molar-refractivity contribution in [1.29, 1.82) is 0 Å². The third kappa shape index (κ3) is 2.57. The van der Waals surface area contributed by atoms with Crippen molar-refractivity contribution in [2.45, 2.75) is 31.7 Å². The van der Waals surface area contributed by atoms with Gasteiger partial charge in [0.15, 0.2) is 0 Å². The number of piperazine rings is 1. The van der Waals surface area contributed by atoms with Crippen LogP contribution in [0.1, 0.15) is 25.7 Å². The van der Waals surface area contributed by atoms with Gasteiger partial charge < -0.3 is 15.3 Å². The predicted octanol–water partition coefficient (Wildman–Crippen LogP) is -0.412. The largest absolute Gasteiger partial charge is 0.481 e. The molecule has 1 aliphatic carbocycles. The van der Waals surface area contributed by atoms with Gasteiger partial charge in [0.1, 0.15) is 0 Å². The second kappa shape index (κ2) is 4.73. The number of nitrogens with zero attached hydrogens (tertiary/aromatic N) is 1. The zero-order chi connectivity index (χ0) is 12.4. The van der Waals surface area contributed by atoms with Gasteiger partial charge >= 0.3 is 5.97 Å². The molecule has 1 saturated heterocycles. The molecular weight excluding hydrogens is 224 g/mol. The van der Waals surface area contributed by atoms with Gasteiger partial charge in [-0.15, -0.1) is 0 Å². The molecule has 2 rings (SSSR count). The van der Waals surface area contributed by atoms with Gasteiger partial charge in [0.25, 0.3) is 0 Å². The fourth-order valence-electron chi connectivity index (χ4n) is 2.54. The van der Waals surface area contributed by atoms with Crippen molar-refractivity contribution in [3.63, 3.8) is 0 Å². The molecule has 94 valence electrons. The van der Waals surface area contributed by atoms with Crippen LogP contribution in [0.25, 0.3) is 0 Å². The van der Waals surface area contributed by atoms with Gasteiger partial charge in [0.05, 0.1) is 19.0 Å². The van der Waals surface area contributed by atoms with Gasteiger partial charge in [-0.05, 0) is 25.7 Å². The first kappa shape index (κ1) is 11.9. The Kier molecular flexibility index (Phi) is 3.31. The van der Waals surface area contributed by atoms with Crippen LogP contribution in [0.15, 0.2) is 0 Å². The lowest BCUT2D eigenvalue weighted by atomic mass is 9.85. The quantitative estimate of drug-likeness (QED) is 0.687. The number of aliphatic carboxylic acids is 1. The van der Waals surface area contributed by atoms with Crippen LogP contribution in [0, 0.1) is 5.92 Å². The van der Waals surface area contributed by atoms with E-state index in [1.165, 1.54) is 0 Å². The topological polar surface area (TPSA) is 86.7 Å². The Morgan fingerprint density at radius 3 is 2.47 bits per heavy atom. The van der Waals surface area contributed by atoms with Crippen LogP contribution in [0.3, 0.4) is 0 Å². The molecule has 0 unspecified atom stereocenters. The molecule has 2 aliphatic rings. The first-order valence-corrected chi connectivity index (χ1v) is 5.87. The summed E-state index contributed by atoms with van der Waals surface area (Å²) in [6.07, 6.45) is 2.53. The van der Waals surface area contributed by atoms with E-state index >= 15 is 0 Å². The summed E-state index contributed by atoms with van der Waals surface area (Å²) in [7, 11) is 0. The van der Waals surface area contributed by atoms with Crippen LogP contribution in [-0.4, -0.2) is 46.9 Å². The van der Waals surface area contributed by atoms with E-state index in [1.807, 2.05) is 0 Å². The maximum atomic E-state index is 11.6. The Hall–Kier alpha value is -1.59. The molecular formula is C11H16N2O4. The minimum atomic E-state index is -0.758. The van der Waals surface area contributed by atoms with Crippen molar-refractivity contribution in [3.8, 4) is 0 Å². The number of carboxylic acid groups (broad SMARTS) is 1. The van der Waals surface area contributed by atoms with Crippen molar-refractivity contribution in [1.82, 2.24) is 10.2 Å². The smallest absolute Gasteiger partial charge is 0.306 e.